The maximum absolute atomic E-state index is 13.6. The Hall–Kier alpha value is -2.64. The van der Waals surface area contributed by atoms with Crippen molar-refractivity contribution in [1.82, 2.24) is 0 Å². The monoisotopic (exact) mass is 388 g/mol. The first-order valence-corrected chi connectivity index (χ1v) is 8.33. The Balaban J connectivity index is 2.05. The first kappa shape index (κ1) is 20.7. The van der Waals surface area contributed by atoms with Gasteiger partial charge in [0.05, 0.1) is 6.61 Å². The van der Waals surface area contributed by atoms with E-state index in [2.05, 4.69) is 6.92 Å². The Morgan fingerprint density at radius 1 is 0.778 bits per heavy atom. The molecule has 0 aromatic heterocycles. The molecule has 3 nitrogen and oxygen atoms in total. The molecular weight excluding hydrogens is 371 g/mol. The maximum atomic E-state index is 13.6. The molecule has 0 N–H and O–H groups in total. The standard InChI is InChI=1S/C19H17F5O3/c1-2-3-4-5-10-26-11-6-8-12(9-7-11)27-19(25)13-14(20)16(22)18(24)17(23)15(13)21/h6-9H,2-5,10H2,1H3. The molecule has 2 aromatic rings. The largest absolute Gasteiger partial charge is 0.494 e. The van der Waals surface area contributed by atoms with Crippen LogP contribution in [0.1, 0.15) is 43.0 Å². The predicted octanol–water partition coefficient (Wildman–Crippen LogP) is 5.56. The summed E-state index contributed by atoms with van der Waals surface area (Å²) in [5.74, 6) is -12.6. The van der Waals surface area contributed by atoms with Crippen LogP contribution in [0.4, 0.5) is 22.0 Å². The molecule has 0 fully saturated rings. The van der Waals surface area contributed by atoms with E-state index in [1.54, 1.807) is 0 Å². The van der Waals surface area contributed by atoms with Gasteiger partial charge in [-0.15, -0.1) is 0 Å². The number of rotatable bonds is 8. The van der Waals surface area contributed by atoms with Crippen LogP contribution in [0, 0.1) is 29.1 Å². The number of esters is 1. The van der Waals surface area contributed by atoms with Gasteiger partial charge in [0.15, 0.2) is 23.3 Å². The van der Waals surface area contributed by atoms with Crippen LogP contribution in [0.2, 0.25) is 0 Å². The third-order valence-corrected chi connectivity index (χ3v) is 3.71. The van der Waals surface area contributed by atoms with Crippen LogP contribution < -0.4 is 9.47 Å². The number of hydrogen-bond donors (Lipinski definition) is 0. The second kappa shape index (κ2) is 9.34. The highest BCUT2D eigenvalue weighted by Gasteiger charge is 2.30. The Bertz CT molecular complexity index is 777. The lowest BCUT2D eigenvalue weighted by molar-refractivity contribution is 0.0720. The maximum Gasteiger partial charge on any atom is 0.349 e. The summed E-state index contributed by atoms with van der Waals surface area (Å²) >= 11 is 0. The van der Waals surface area contributed by atoms with Gasteiger partial charge >= 0.3 is 5.97 Å². The van der Waals surface area contributed by atoms with Gasteiger partial charge in [-0.2, -0.15) is 0 Å². The van der Waals surface area contributed by atoms with E-state index in [1.165, 1.54) is 24.3 Å². The molecule has 0 bridgehead atoms. The molecule has 27 heavy (non-hydrogen) atoms. The Kier molecular flexibility index (Phi) is 7.15. The second-order valence-corrected chi connectivity index (χ2v) is 5.71. The minimum atomic E-state index is -2.35. The Morgan fingerprint density at radius 3 is 1.85 bits per heavy atom. The molecule has 146 valence electrons. The van der Waals surface area contributed by atoms with E-state index in [9.17, 15) is 26.7 Å². The fraction of sp³-hybridized carbons (Fsp3) is 0.316. The fourth-order valence-corrected chi connectivity index (χ4v) is 2.26. The molecular formula is C19H17F5O3. The van der Waals surface area contributed by atoms with Gasteiger partial charge in [-0.1, -0.05) is 26.2 Å². The number of hydrogen-bond acceptors (Lipinski definition) is 3. The fourth-order valence-electron chi connectivity index (χ4n) is 2.26. The van der Waals surface area contributed by atoms with Gasteiger partial charge < -0.3 is 9.47 Å². The molecule has 0 radical (unpaired) electrons. The summed E-state index contributed by atoms with van der Waals surface area (Å²) in [5.41, 5.74) is -1.65. The van der Waals surface area contributed by atoms with Crippen molar-refractivity contribution in [1.29, 1.82) is 0 Å². The normalized spacial score (nSPS) is 10.7. The summed E-state index contributed by atoms with van der Waals surface area (Å²) in [7, 11) is 0. The highest BCUT2D eigenvalue weighted by molar-refractivity contribution is 5.91. The smallest absolute Gasteiger partial charge is 0.349 e. The molecule has 0 unspecified atom stereocenters. The molecule has 0 amide bonds. The van der Waals surface area contributed by atoms with Gasteiger partial charge in [-0.25, -0.2) is 26.7 Å². The SMILES string of the molecule is CCCCCCOc1ccc(OC(=O)c2c(F)c(F)c(F)c(F)c2F)cc1. The molecule has 2 aromatic carbocycles. The average Bonchev–Trinajstić information content (AvgIpc) is 2.66. The summed E-state index contributed by atoms with van der Waals surface area (Å²) in [5, 5.41) is 0. The zero-order chi connectivity index (χ0) is 20.0. The highest BCUT2D eigenvalue weighted by Crippen LogP contribution is 2.25. The minimum Gasteiger partial charge on any atom is -0.494 e. The quantitative estimate of drug-likeness (QED) is 0.148. The predicted molar refractivity (Wildman–Crippen MR) is 87.3 cm³/mol. The van der Waals surface area contributed by atoms with Crippen LogP contribution in [0.15, 0.2) is 24.3 Å². The third kappa shape index (κ3) is 4.96. The van der Waals surface area contributed by atoms with Gasteiger partial charge in [-0.3, -0.25) is 0 Å². The summed E-state index contributed by atoms with van der Waals surface area (Å²) < 4.78 is 76.7. The Labute approximate surface area is 152 Å². The molecule has 2 rings (SSSR count). The molecule has 0 aliphatic rings. The van der Waals surface area contributed by atoms with Crippen LogP contribution in [-0.4, -0.2) is 12.6 Å². The van der Waals surface area contributed by atoms with Gasteiger partial charge in [0, 0.05) is 0 Å². The van der Waals surface area contributed by atoms with Crippen LogP contribution in [0.5, 0.6) is 11.5 Å². The molecule has 0 saturated heterocycles. The molecule has 0 spiro atoms. The van der Waals surface area contributed by atoms with Crippen LogP contribution in [-0.2, 0) is 0 Å². The van der Waals surface area contributed by atoms with E-state index in [4.69, 9.17) is 9.47 Å². The first-order valence-electron chi connectivity index (χ1n) is 8.33. The molecule has 0 heterocycles. The number of benzene rings is 2. The number of carbonyl (C=O) groups is 1. The van der Waals surface area contributed by atoms with Crippen molar-refractivity contribution in [3.63, 3.8) is 0 Å². The van der Waals surface area contributed by atoms with E-state index >= 15 is 0 Å². The van der Waals surface area contributed by atoms with Crippen molar-refractivity contribution in [3.8, 4) is 11.5 Å². The molecule has 0 atom stereocenters. The summed E-state index contributed by atoms with van der Waals surface area (Å²) in [6, 6.07) is 5.48. The van der Waals surface area contributed by atoms with Crippen molar-refractivity contribution in [3.05, 3.63) is 58.9 Å². The average molecular weight is 388 g/mol. The summed E-state index contributed by atoms with van der Waals surface area (Å²) in [4.78, 5) is 11.8. The number of ether oxygens (including phenoxy) is 2. The van der Waals surface area contributed by atoms with Crippen molar-refractivity contribution in [2.24, 2.45) is 0 Å². The topological polar surface area (TPSA) is 35.5 Å². The van der Waals surface area contributed by atoms with Gasteiger partial charge in [0.2, 0.25) is 5.82 Å². The number of halogens is 5. The lowest BCUT2D eigenvalue weighted by Crippen LogP contribution is -2.17. The van der Waals surface area contributed by atoms with Crippen LogP contribution in [0.3, 0.4) is 0 Å². The van der Waals surface area contributed by atoms with E-state index < -0.39 is 40.6 Å². The van der Waals surface area contributed by atoms with Crippen molar-refractivity contribution in [2.75, 3.05) is 6.61 Å². The summed E-state index contributed by atoms with van der Waals surface area (Å²) in [6.07, 6.45) is 4.12. The zero-order valence-electron chi connectivity index (χ0n) is 14.5. The third-order valence-electron chi connectivity index (χ3n) is 3.71. The lowest BCUT2D eigenvalue weighted by atomic mass is 10.1. The molecule has 0 aliphatic heterocycles. The van der Waals surface area contributed by atoms with Crippen molar-refractivity contribution >= 4 is 5.97 Å². The van der Waals surface area contributed by atoms with Crippen molar-refractivity contribution < 1.29 is 36.2 Å². The Morgan fingerprint density at radius 2 is 1.30 bits per heavy atom. The number of unbranched alkanes of at least 4 members (excludes halogenated alkanes) is 3. The first-order chi connectivity index (χ1) is 12.9. The van der Waals surface area contributed by atoms with Crippen LogP contribution >= 0.6 is 0 Å². The minimum absolute atomic E-state index is 0.137. The number of carbonyl (C=O) groups excluding carboxylic acids is 1. The van der Waals surface area contributed by atoms with Gasteiger partial charge in [0.25, 0.3) is 0 Å². The highest BCUT2D eigenvalue weighted by atomic mass is 19.2. The van der Waals surface area contributed by atoms with Crippen molar-refractivity contribution in [2.45, 2.75) is 32.6 Å². The van der Waals surface area contributed by atoms with E-state index in [0.717, 1.165) is 25.7 Å². The molecule has 8 heteroatoms. The zero-order valence-corrected chi connectivity index (χ0v) is 14.5. The molecule has 0 aliphatic carbocycles. The van der Waals surface area contributed by atoms with Gasteiger partial charge in [0.1, 0.15) is 17.1 Å². The van der Waals surface area contributed by atoms with E-state index in [-0.39, 0.29) is 5.75 Å². The molecule has 0 saturated carbocycles. The van der Waals surface area contributed by atoms with Gasteiger partial charge in [-0.05, 0) is 30.7 Å². The lowest BCUT2D eigenvalue weighted by Gasteiger charge is -2.09. The summed E-state index contributed by atoms with van der Waals surface area (Å²) in [6.45, 7) is 2.59. The van der Waals surface area contributed by atoms with Crippen LogP contribution in [0.25, 0.3) is 0 Å². The van der Waals surface area contributed by atoms with E-state index in [1.807, 2.05) is 0 Å². The second-order valence-electron chi connectivity index (χ2n) is 5.71. The van der Waals surface area contributed by atoms with E-state index in [0.29, 0.717) is 12.4 Å².